The van der Waals surface area contributed by atoms with Crippen LogP contribution < -0.4 is 0 Å². The Kier molecular flexibility index (Phi) is 6.91. The fraction of sp³-hybridized carbons (Fsp3) is 0.407. The van der Waals surface area contributed by atoms with E-state index in [1.54, 1.807) is 38.1 Å². The molecule has 0 radical (unpaired) electrons. The SMILES string of the molecule is CCn1ccc(S(=O)(=O)N2CCN(CC(C)C)[C@H](c3cc4cnn(-c5ccc(F)cc5)c4cc3C)C2)n1. The summed E-state index contributed by atoms with van der Waals surface area (Å²) in [5, 5.41) is 9.88. The van der Waals surface area contributed by atoms with E-state index in [4.69, 9.17) is 0 Å². The molecular weight excluding hydrogens is 491 g/mol. The van der Waals surface area contributed by atoms with Gasteiger partial charge in [-0.05, 0) is 73.4 Å². The Morgan fingerprint density at radius 3 is 2.54 bits per heavy atom. The third-order valence-electron chi connectivity index (χ3n) is 6.98. The second-order valence-corrected chi connectivity index (χ2v) is 12.0. The van der Waals surface area contributed by atoms with Crippen molar-refractivity contribution in [3.05, 3.63) is 71.8 Å². The van der Waals surface area contributed by atoms with Crippen molar-refractivity contribution < 1.29 is 12.8 Å². The lowest BCUT2D eigenvalue weighted by molar-refractivity contribution is 0.105. The Labute approximate surface area is 217 Å². The Morgan fingerprint density at radius 2 is 1.86 bits per heavy atom. The molecule has 1 atom stereocenters. The van der Waals surface area contributed by atoms with Crippen molar-refractivity contribution in [2.75, 3.05) is 26.2 Å². The highest BCUT2D eigenvalue weighted by atomic mass is 32.2. The molecule has 3 heterocycles. The predicted molar refractivity (Wildman–Crippen MR) is 142 cm³/mol. The average molecular weight is 525 g/mol. The van der Waals surface area contributed by atoms with Crippen LogP contribution in [0.15, 0.2) is 59.9 Å². The van der Waals surface area contributed by atoms with Gasteiger partial charge in [-0.3, -0.25) is 9.58 Å². The normalized spacial score (nSPS) is 17.7. The van der Waals surface area contributed by atoms with Crippen LogP contribution in [-0.4, -0.2) is 63.4 Å². The first-order valence-electron chi connectivity index (χ1n) is 12.7. The Hall–Kier alpha value is -3.08. The van der Waals surface area contributed by atoms with E-state index in [1.165, 1.54) is 12.1 Å². The van der Waals surface area contributed by atoms with E-state index < -0.39 is 10.0 Å². The number of hydrogen-bond donors (Lipinski definition) is 0. The van der Waals surface area contributed by atoms with Gasteiger partial charge < -0.3 is 0 Å². The minimum atomic E-state index is -3.71. The zero-order chi connectivity index (χ0) is 26.3. The van der Waals surface area contributed by atoms with Gasteiger partial charge in [-0.25, -0.2) is 17.5 Å². The van der Waals surface area contributed by atoms with E-state index in [9.17, 15) is 12.8 Å². The van der Waals surface area contributed by atoms with Gasteiger partial charge in [0.1, 0.15) is 5.82 Å². The molecule has 0 saturated carbocycles. The number of aromatic nitrogens is 4. The van der Waals surface area contributed by atoms with Crippen LogP contribution in [0.5, 0.6) is 0 Å². The first kappa shape index (κ1) is 25.6. The van der Waals surface area contributed by atoms with Crippen molar-refractivity contribution >= 4 is 20.9 Å². The van der Waals surface area contributed by atoms with E-state index >= 15 is 0 Å². The molecule has 0 aliphatic carbocycles. The summed E-state index contributed by atoms with van der Waals surface area (Å²) < 4.78 is 45.5. The van der Waals surface area contributed by atoms with E-state index in [1.807, 2.05) is 13.1 Å². The number of halogens is 1. The molecule has 2 aromatic heterocycles. The fourth-order valence-electron chi connectivity index (χ4n) is 5.13. The van der Waals surface area contributed by atoms with E-state index in [0.29, 0.717) is 32.1 Å². The minimum absolute atomic E-state index is 0.0955. The molecule has 1 saturated heterocycles. The maximum atomic E-state index is 13.5. The van der Waals surface area contributed by atoms with Crippen LogP contribution in [0.2, 0.25) is 0 Å². The van der Waals surface area contributed by atoms with Gasteiger partial charge in [0.25, 0.3) is 10.0 Å². The van der Waals surface area contributed by atoms with Crippen LogP contribution in [0.4, 0.5) is 4.39 Å². The monoisotopic (exact) mass is 524 g/mol. The lowest BCUT2D eigenvalue weighted by atomic mass is 9.96. The molecular formula is C27H33FN6O2S. The van der Waals surface area contributed by atoms with Crippen molar-refractivity contribution in [3.8, 4) is 5.69 Å². The highest BCUT2D eigenvalue weighted by molar-refractivity contribution is 7.89. The molecule has 0 amide bonds. The van der Waals surface area contributed by atoms with Gasteiger partial charge in [-0.15, -0.1) is 0 Å². The van der Waals surface area contributed by atoms with Gasteiger partial charge in [0.05, 0.1) is 17.4 Å². The van der Waals surface area contributed by atoms with Crippen molar-refractivity contribution in [1.82, 2.24) is 28.8 Å². The summed E-state index contributed by atoms with van der Waals surface area (Å²) in [5.74, 6) is 0.151. The van der Waals surface area contributed by atoms with E-state index in [-0.39, 0.29) is 16.9 Å². The third-order valence-corrected chi connectivity index (χ3v) is 8.74. The van der Waals surface area contributed by atoms with Gasteiger partial charge in [0.2, 0.25) is 0 Å². The summed E-state index contributed by atoms with van der Waals surface area (Å²) in [5.41, 5.74) is 3.86. The second-order valence-electron chi connectivity index (χ2n) is 10.1. The average Bonchev–Trinajstić information content (AvgIpc) is 3.51. The number of fused-ring (bicyclic) bond motifs is 1. The second kappa shape index (κ2) is 10.00. The molecule has 5 rings (SSSR count). The van der Waals surface area contributed by atoms with E-state index in [2.05, 4.69) is 48.0 Å². The maximum Gasteiger partial charge on any atom is 0.262 e. The number of hydrogen-bond acceptors (Lipinski definition) is 5. The van der Waals surface area contributed by atoms with Gasteiger partial charge in [-0.1, -0.05) is 13.8 Å². The van der Waals surface area contributed by atoms with Gasteiger partial charge in [0, 0.05) is 50.3 Å². The first-order chi connectivity index (χ1) is 17.7. The number of nitrogens with zero attached hydrogens (tertiary/aromatic N) is 6. The summed E-state index contributed by atoms with van der Waals surface area (Å²) in [6.07, 6.45) is 3.51. The number of rotatable bonds is 7. The number of aryl methyl sites for hydroxylation is 2. The maximum absolute atomic E-state index is 13.5. The van der Waals surface area contributed by atoms with Crippen molar-refractivity contribution in [2.45, 2.75) is 45.3 Å². The van der Waals surface area contributed by atoms with Crippen molar-refractivity contribution in [2.24, 2.45) is 5.92 Å². The molecule has 1 aliphatic heterocycles. The zero-order valence-electron chi connectivity index (χ0n) is 21.7. The molecule has 10 heteroatoms. The molecule has 196 valence electrons. The van der Waals surface area contributed by atoms with Crippen LogP contribution in [-0.2, 0) is 16.6 Å². The Balaban J connectivity index is 1.52. The molecule has 1 fully saturated rings. The molecule has 2 aromatic carbocycles. The smallest absolute Gasteiger partial charge is 0.262 e. The van der Waals surface area contributed by atoms with E-state index in [0.717, 1.165) is 34.3 Å². The topological polar surface area (TPSA) is 76.3 Å². The van der Waals surface area contributed by atoms with Crippen LogP contribution >= 0.6 is 0 Å². The summed E-state index contributed by atoms with van der Waals surface area (Å²) in [6, 6.07) is 12.0. The molecule has 4 aromatic rings. The molecule has 8 nitrogen and oxygen atoms in total. The molecule has 0 unspecified atom stereocenters. The third kappa shape index (κ3) is 4.93. The number of sulfonamides is 1. The van der Waals surface area contributed by atoms with Crippen LogP contribution in [0.3, 0.4) is 0 Å². The van der Waals surface area contributed by atoms with Crippen LogP contribution in [0.1, 0.15) is 37.9 Å². The molecule has 37 heavy (non-hydrogen) atoms. The lowest BCUT2D eigenvalue weighted by Crippen LogP contribution is -2.51. The van der Waals surface area contributed by atoms with Crippen molar-refractivity contribution in [1.29, 1.82) is 0 Å². The van der Waals surface area contributed by atoms with Gasteiger partial charge in [0.15, 0.2) is 5.03 Å². The highest BCUT2D eigenvalue weighted by Crippen LogP contribution is 2.34. The van der Waals surface area contributed by atoms with Crippen LogP contribution in [0, 0.1) is 18.7 Å². The fourth-order valence-corrected chi connectivity index (χ4v) is 6.49. The predicted octanol–water partition coefficient (Wildman–Crippen LogP) is 4.39. The molecule has 0 spiro atoms. The Morgan fingerprint density at radius 1 is 1.11 bits per heavy atom. The highest BCUT2D eigenvalue weighted by Gasteiger charge is 2.37. The summed E-state index contributed by atoms with van der Waals surface area (Å²) in [7, 11) is -3.71. The summed E-state index contributed by atoms with van der Waals surface area (Å²) in [4.78, 5) is 2.39. The largest absolute Gasteiger partial charge is 0.293 e. The lowest BCUT2D eigenvalue weighted by Gasteiger charge is -2.42. The zero-order valence-corrected chi connectivity index (χ0v) is 22.5. The molecule has 1 aliphatic rings. The first-order valence-corrected chi connectivity index (χ1v) is 14.1. The standard InChI is InChI=1S/C27H33FN6O2S/c1-5-32-11-10-27(30-32)37(35,36)33-13-12-31(17-19(2)3)26(18-33)24-15-21-16-29-34(25(21)14-20(24)4)23-8-6-22(28)7-9-23/h6-11,14-16,19,26H,5,12-13,17-18H2,1-4H3/t26-/m0/s1. The molecule has 0 bridgehead atoms. The Bertz CT molecular complexity index is 1510. The number of piperazine rings is 1. The van der Waals surface area contributed by atoms with Crippen molar-refractivity contribution in [3.63, 3.8) is 0 Å². The summed E-state index contributed by atoms with van der Waals surface area (Å²) >= 11 is 0. The number of benzene rings is 2. The molecule has 0 N–H and O–H groups in total. The van der Waals surface area contributed by atoms with Crippen LogP contribution in [0.25, 0.3) is 16.6 Å². The van der Waals surface area contributed by atoms with Gasteiger partial charge >= 0.3 is 0 Å². The van der Waals surface area contributed by atoms with Gasteiger partial charge in [-0.2, -0.15) is 14.5 Å². The summed E-state index contributed by atoms with van der Waals surface area (Å²) in [6.45, 7) is 11.3. The minimum Gasteiger partial charge on any atom is -0.293 e. The quantitative estimate of drug-likeness (QED) is 0.358.